The Labute approximate surface area is 83.2 Å². The van der Waals surface area contributed by atoms with Crippen LogP contribution in [0.3, 0.4) is 0 Å². The average Bonchev–Trinajstić information content (AvgIpc) is 2.62. The minimum atomic E-state index is 0.810. The lowest BCUT2D eigenvalue weighted by Gasteiger charge is -2.20. The summed E-state index contributed by atoms with van der Waals surface area (Å²) in [6, 6.07) is 1.96. The molecule has 1 aromatic heterocycles. The molecule has 0 aliphatic carbocycles. The van der Waals surface area contributed by atoms with Crippen LogP contribution in [0.2, 0.25) is 0 Å². The zero-order valence-corrected chi connectivity index (χ0v) is 8.93. The van der Waals surface area contributed by atoms with Crippen LogP contribution in [0.5, 0.6) is 0 Å². The molecule has 72 valence electrons. The number of aldehydes is 1. The molecule has 0 aromatic carbocycles. The van der Waals surface area contributed by atoms with E-state index < -0.39 is 0 Å². The first-order valence-corrected chi connectivity index (χ1v) is 5.48. The predicted molar refractivity (Wildman–Crippen MR) is 57.9 cm³/mol. The van der Waals surface area contributed by atoms with E-state index in [2.05, 4.69) is 18.7 Å². The number of carbonyl (C=O) groups is 1. The maximum Gasteiger partial charge on any atom is 0.160 e. The van der Waals surface area contributed by atoms with Crippen LogP contribution in [-0.2, 0) is 0 Å². The van der Waals surface area contributed by atoms with Crippen molar-refractivity contribution in [1.82, 2.24) is 0 Å². The molecule has 2 nitrogen and oxygen atoms in total. The third-order valence-corrected chi connectivity index (χ3v) is 2.81. The summed E-state index contributed by atoms with van der Waals surface area (Å²) < 4.78 is 0. The van der Waals surface area contributed by atoms with Gasteiger partial charge in [-0.15, -0.1) is 11.3 Å². The second-order valence-electron chi connectivity index (χ2n) is 2.90. The van der Waals surface area contributed by atoms with Gasteiger partial charge in [0, 0.05) is 24.2 Å². The van der Waals surface area contributed by atoms with Gasteiger partial charge in [0.05, 0.1) is 4.88 Å². The lowest BCUT2D eigenvalue weighted by atomic mass is 10.3. The topological polar surface area (TPSA) is 20.3 Å². The van der Waals surface area contributed by atoms with Crippen molar-refractivity contribution in [2.45, 2.75) is 20.3 Å². The van der Waals surface area contributed by atoms with E-state index in [9.17, 15) is 4.79 Å². The first kappa shape index (κ1) is 10.3. The van der Waals surface area contributed by atoms with Gasteiger partial charge in [0.15, 0.2) is 6.29 Å². The van der Waals surface area contributed by atoms with Gasteiger partial charge in [-0.25, -0.2) is 0 Å². The molecule has 0 atom stereocenters. The number of hydrogen-bond acceptors (Lipinski definition) is 3. The van der Waals surface area contributed by atoms with Gasteiger partial charge in [-0.1, -0.05) is 6.92 Å². The normalized spacial score (nSPS) is 10.0. The summed E-state index contributed by atoms with van der Waals surface area (Å²) in [7, 11) is 0. The number of hydrogen-bond donors (Lipinski definition) is 0. The third-order valence-electron chi connectivity index (χ3n) is 1.96. The molecule has 0 saturated carbocycles. The fraction of sp³-hybridized carbons (Fsp3) is 0.500. The molecule has 0 amide bonds. The van der Waals surface area contributed by atoms with Crippen LogP contribution in [0.1, 0.15) is 29.9 Å². The lowest BCUT2D eigenvalue weighted by molar-refractivity contribution is 0.112. The van der Waals surface area contributed by atoms with E-state index in [0.29, 0.717) is 0 Å². The molecular formula is C10H15NOS. The van der Waals surface area contributed by atoms with Crippen LogP contribution >= 0.6 is 11.3 Å². The maximum absolute atomic E-state index is 10.5. The van der Waals surface area contributed by atoms with Crippen LogP contribution < -0.4 is 4.90 Å². The molecule has 0 aliphatic rings. The molecule has 0 spiro atoms. The maximum atomic E-state index is 10.5. The van der Waals surface area contributed by atoms with Crippen molar-refractivity contribution >= 4 is 23.3 Å². The van der Waals surface area contributed by atoms with Gasteiger partial charge in [-0.3, -0.25) is 4.79 Å². The van der Waals surface area contributed by atoms with Gasteiger partial charge >= 0.3 is 0 Å². The van der Waals surface area contributed by atoms with Gasteiger partial charge in [0.25, 0.3) is 0 Å². The fourth-order valence-electron chi connectivity index (χ4n) is 1.31. The van der Waals surface area contributed by atoms with Gasteiger partial charge < -0.3 is 4.90 Å². The minimum absolute atomic E-state index is 0.810. The Morgan fingerprint density at radius 2 is 2.31 bits per heavy atom. The molecule has 1 rings (SSSR count). The molecule has 0 bridgehead atoms. The van der Waals surface area contributed by atoms with Crippen molar-refractivity contribution in [2.24, 2.45) is 0 Å². The van der Waals surface area contributed by atoms with Crippen LogP contribution in [0, 0.1) is 0 Å². The number of nitrogens with zero attached hydrogens (tertiary/aromatic N) is 1. The highest BCUT2D eigenvalue weighted by Gasteiger charge is 2.05. The van der Waals surface area contributed by atoms with E-state index >= 15 is 0 Å². The molecule has 1 aromatic rings. The first-order valence-electron chi connectivity index (χ1n) is 4.60. The summed E-state index contributed by atoms with van der Waals surface area (Å²) in [6.07, 6.45) is 2.05. The zero-order valence-electron chi connectivity index (χ0n) is 8.12. The molecule has 0 N–H and O–H groups in total. The summed E-state index contributed by atoms with van der Waals surface area (Å²) in [6.45, 7) is 6.36. The number of carbonyl (C=O) groups excluding carboxylic acids is 1. The van der Waals surface area contributed by atoms with E-state index in [1.165, 1.54) is 17.0 Å². The van der Waals surface area contributed by atoms with E-state index in [-0.39, 0.29) is 0 Å². The van der Waals surface area contributed by atoms with Crippen LogP contribution in [0.4, 0.5) is 5.69 Å². The molecule has 0 aliphatic heterocycles. The van der Waals surface area contributed by atoms with Gasteiger partial charge in [0.2, 0.25) is 0 Å². The average molecular weight is 197 g/mol. The molecular weight excluding hydrogens is 182 g/mol. The van der Waals surface area contributed by atoms with Gasteiger partial charge in [0.1, 0.15) is 0 Å². The number of thiophene rings is 1. The van der Waals surface area contributed by atoms with Gasteiger partial charge in [-0.2, -0.15) is 0 Å². The third kappa shape index (κ3) is 2.56. The monoisotopic (exact) mass is 197 g/mol. The Morgan fingerprint density at radius 3 is 2.77 bits per heavy atom. The Hall–Kier alpha value is -0.830. The van der Waals surface area contributed by atoms with Crippen molar-refractivity contribution in [3.63, 3.8) is 0 Å². The Bertz CT molecular complexity index is 270. The second kappa shape index (κ2) is 5.02. The van der Waals surface area contributed by atoms with Crippen molar-refractivity contribution in [1.29, 1.82) is 0 Å². The molecule has 3 heteroatoms. The van der Waals surface area contributed by atoms with Crippen LogP contribution in [-0.4, -0.2) is 19.4 Å². The molecule has 13 heavy (non-hydrogen) atoms. The Kier molecular flexibility index (Phi) is 3.96. The zero-order chi connectivity index (χ0) is 9.68. The largest absolute Gasteiger partial charge is 0.371 e. The van der Waals surface area contributed by atoms with E-state index in [1.54, 1.807) is 0 Å². The standard InChI is InChI=1S/C10H15NOS/c1-3-5-11(4-2)9-6-10(7-12)13-8-9/h6-8H,3-5H2,1-2H3. The van der Waals surface area contributed by atoms with E-state index in [4.69, 9.17) is 0 Å². The molecule has 0 radical (unpaired) electrons. The van der Waals surface area contributed by atoms with Crippen molar-refractivity contribution in [3.8, 4) is 0 Å². The molecule has 0 unspecified atom stereocenters. The molecule has 0 saturated heterocycles. The minimum Gasteiger partial charge on any atom is -0.371 e. The smallest absolute Gasteiger partial charge is 0.160 e. The first-order chi connectivity index (χ1) is 6.31. The molecule has 1 heterocycles. The fourth-order valence-corrected chi connectivity index (χ4v) is 2.03. The van der Waals surface area contributed by atoms with Crippen molar-refractivity contribution < 1.29 is 4.79 Å². The van der Waals surface area contributed by atoms with Crippen LogP contribution in [0.25, 0.3) is 0 Å². The summed E-state index contributed by atoms with van der Waals surface area (Å²) in [5.74, 6) is 0. The number of rotatable bonds is 5. The SMILES string of the molecule is CCCN(CC)c1csc(C=O)c1. The number of anilines is 1. The second-order valence-corrected chi connectivity index (χ2v) is 3.85. The quantitative estimate of drug-likeness (QED) is 0.676. The summed E-state index contributed by atoms with van der Waals surface area (Å²) in [5.41, 5.74) is 1.18. The van der Waals surface area contributed by atoms with Crippen LogP contribution in [0.15, 0.2) is 11.4 Å². The van der Waals surface area contributed by atoms with E-state index in [0.717, 1.165) is 30.7 Å². The Morgan fingerprint density at radius 1 is 1.54 bits per heavy atom. The summed E-state index contributed by atoms with van der Waals surface area (Å²) in [5, 5.41) is 2.04. The Balaban J connectivity index is 2.72. The van der Waals surface area contributed by atoms with Crippen molar-refractivity contribution in [3.05, 3.63) is 16.3 Å². The highest BCUT2D eigenvalue weighted by Crippen LogP contribution is 2.21. The van der Waals surface area contributed by atoms with Gasteiger partial charge in [-0.05, 0) is 19.4 Å². The molecule has 0 fully saturated rings. The highest BCUT2D eigenvalue weighted by molar-refractivity contribution is 7.12. The summed E-state index contributed by atoms with van der Waals surface area (Å²) >= 11 is 1.51. The predicted octanol–water partition coefficient (Wildman–Crippen LogP) is 2.80. The van der Waals surface area contributed by atoms with E-state index in [1.807, 2.05) is 11.4 Å². The highest BCUT2D eigenvalue weighted by atomic mass is 32.1. The summed E-state index contributed by atoms with van der Waals surface area (Å²) in [4.78, 5) is 13.6. The lowest BCUT2D eigenvalue weighted by Crippen LogP contribution is -2.22. The van der Waals surface area contributed by atoms with Crippen molar-refractivity contribution in [2.75, 3.05) is 18.0 Å².